The molecule has 10 aromatic rings. The second-order valence-electron chi connectivity index (χ2n) is 15.3. The minimum Gasteiger partial charge on any atom is -0.455 e. The molecule has 0 bridgehead atoms. The SMILES string of the molecule is CC1(C)c2ccccc2-c2c(N(c3ccc(-c4cccc5ccccc45)cc3)c3ccc(-c4cccc5c4oc4c6ccccc6ccc54)cc3)cccc21. The summed E-state index contributed by atoms with van der Waals surface area (Å²) in [6.45, 7) is 4.70. The van der Waals surface area contributed by atoms with Crippen molar-refractivity contribution in [2.45, 2.75) is 19.3 Å². The summed E-state index contributed by atoms with van der Waals surface area (Å²) in [6, 6.07) is 68.3. The molecule has 2 heteroatoms. The molecule has 0 atom stereocenters. The number of hydrogen-bond donors (Lipinski definition) is 0. The second kappa shape index (κ2) is 12.1. The van der Waals surface area contributed by atoms with Gasteiger partial charge >= 0.3 is 0 Å². The average molecular weight is 704 g/mol. The summed E-state index contributed by atoms with van der Waals surface area (Å²) < 4.78 is 6.73. The highest BCUT2D eigenvalue weighted by molar-refractivity contribution is 6.17. The van der Waals surface area contributed by atoms with Crippen molar-refractivity contribution in [3.8, 4) is 33.4 Å². The monoisotopic (exact) mass is 703 g/mol. The van der Waals surface area contributed by atoms with E-state index < -0.39 is 0 Å². The molecule has 2 nitrogen and oxygen atoms in total. The fourth-order valence-electron chi connectivity index (χ4n) is 9.16. The van der Waals surface area contributed by atoms with Crippen molar-refractivity contribution in [3.05, 3.63) is 199 Å². The van der Waals surface area contributed by atoms with Crippen molar-refractivity contribution in [1.29, 1.82) is 0 Å². The predicted octanol–water partition coefficient (Wildman–Crippen LogP) is 15.0. The molecule has 55 heavy (non-hydrogen) atoms. The van der Waals surface area contributed by atoms with E-state index in [0.717, 1.165) is 49.8 Å². The molecule has 1 aromatic heterocycles. The molecule has 1 aliphatic rings. The summed E-state index contributed by atoms with van der Waals surface area (Å²) in [5.74, 6) is 0. The summed E-state index contributed by atoms with van der Waals surface area (Å²) in [4.78, 5) is 2.43. The zero-order valence-electron chi connectivity index (χ0n) is 30.8. The van der Waals surface area contributed by atoms with Gasteiger partial charge in [0.2, 0.25) is 0 Å². The van der Waals surface area contributed by atoms with E-state index in [4.69, 9.17) is 4.42 Å². The van der Waals surface area contributed by atoms with E-state index in [9.17, 15) is 0 Å². The van der Waals surface area contributed by atoms with Gasteiger partial charge in [-0.1, -0.05) is 166 Å². The van der Waals surface area contributed by atoms with Crippen LogP contribution in [0.4, 0.5) is 17.1 Å². The summed E-state index contributed by atoms with van der Waals surface area (Å²) in [7, 11) is 0. The first-order valence-electron chi connectivity index (χ1n) is 19.1. The van der Waals surface area contributed by atoms with E-state index in [1.165, 1.54) is 55.2 Å². The Morgan fingerprint density at radius 2 is 0.909 bits per heavy atom. The van der Waals surface area contributed by atoms with Crippen molar-refractivity contribution in [3.63, 3.8) is 0 Å². The highest BCUT2D eigenvalue weighted by atomic mass is 16.3. The number of nitrogens with zero attached hydrogens (tertiary/aromatic N) is 1. The number of hydrogen-bond acceptors (Lipinski definition) is 2. The summed E-state index contributed by atoms with van der Waals surface area (Å²) >= 11 is 0. The second-order valence-corrected chi connectivity index (χ2v) is 15.3. The molecule has 1 heterocycles. The van der Waals surface area contributed by atoms with Crippen LogP contribution in [0.25, 0.3) is 76.9 Å². The summed E-state index contributed by atoms with van der Waals surface area (Å²) in [5.41, 5.74) is 15.1. The maximum Gasteiger partial charge on any atom is 0.143 e. The predicted molar refractivity (Wildman–Crippen MR) is 232 cm³/mol. The Labute approximate surface area is 320 Å². The largest absolute Gasteiger partial charge is 0.455 e. The molecule has 0 fully saturated rings. The van der Waals surface area contributed by atoms with Crippen LogP contribution in [-0.2, 0) is 5.41 Å². The lowest BCUT2D eigenvalue weighted by Crippen LogP contribution is -2.16. The van der Waals surface area contributed by atoms with Gasteiger partial charge in [0.05, 0.1) is 5.69 Å². The van der Waals surface area contributed by atoms with E-state index in [1.54, 1.807) is 0 Å². The first-order chi connectivity index (χ1) is 27.0. The van der Waals surface area contributed by atoms with E-state index in [0.29, 0.717) is 0 Å². The topological polar surface area (TPSA) is 16.4 Å². The fraction of sp³-hybridized carbons (Fsp3) is 0.0566. The Morgan fingerprint density at radius 1 is 0.382 bits per heavy atom. The minimum atomic E-state index is -0.105. The van der Waals surface area contributed by atoms with Crippen LogP contribution in [-0.4, -0.2) is 0 Å². The molecule has 260 valence electrons. The normalized spacial score (nSPS) is 13.1. The molecule has 11 rings (SSSR count). The van der Waals surface area contributed by atoms with Crippen LogP contribution >= 0.6 is 0 Å². The minimum absolute atomic E-state index is 0.105. The number of anilines is 3. The Balaban J connectivity index is 1.07. The van der Waals surface area contributed by atoms with Gasteiger partial charge in [0, 0.05) is 44.1 Å². The molecule has 0 saturated carbocycles. The molecular weight excluding hydrogens is 667 g/mol. The van der Waals surface area contributed by atoms with Gasteiger partial charge in [0.1, 0.15) is 11.2 Å². The van der Waals surface area contributed by atoms with Gasteiger partial charge in [-0.25, -0.2) is 0 Å². The van der Waals surface area contributed by atoms with Crippen molar-refractivity contribution < 1.29 is 4.42 Å². The number of fused-ring (bicyclic) bond motifs is 9. The zero-order chi connectivity index (χ0) is 36.7. The molecule has 0 aliphatic heterocycles. The highest BCUT2D eigenvalue weighted by Gasteiger charge is 2.37. The molecule has 0 amide bonds. The lowest BCUT2D eigenvalue weighted by molar-refractivity contribution is 0.660. The van der Waals surface area contributed by atoms with Gasteiger partial charge in [0.15, 0.2) is 0 Å². The van der Waals surface area contributed by atoms with Crippen LogP contribution in [0.3, 0.4) is 0 Å². The third kappa shape index (κ3) is 4.81. The molecule has 9 aromatic carbocycles. The Morgan fingerprint density at radius 3 is 1.69 bits per heavy atom. The lowest BCUT2D eigenvalue weighted by Gasteiger charge is -2.29. The molecular formula is C53H37NO. The van der Waals surface area contributed by atoms with E-state index in [1.807, 2.05) is 0 Å². The van der Waals surface area contributed by atoms with Gasteiger partial charge < -0.3 is 9.32 Å². The molecule has 0 unspecified atom stereocenters. The van der Waals surface area contributed by atoms with E-state index in [2.05, 4.69) is 207 Å². The zero-order valence-corrected chi connectivity index (χ0v) is 30.8. The number of furan rings is 1. The van der Waals surface area contributed by atoms with Crippen molar-refractivity contribution in [2.75, 3.05) is 4.90 Å². The highest BCUT2D eigenvalue weighted by Crippen LogP contribution is 2.54. The van der Waals surface area contributed by atoms with Crippen LogP contribution in [0, 0.1) is 0 Å². The molecule has 0 radical (unpaired) electrons. The van der Waals surface area contributed by atoms with Gasteiger partial charge in [-0.2, -0.15) is 0 Å². The Kier molecular flexibility index (Phi) is 6.93. The Hall–Kier alpha value is -6.90. The average Bonchev–Trinajstić information content (AvgIpc) is 3.74. The number of para-hydroxylation sites is 1. The van der Waals surface area contributed by atoms with E-state index >= 15 is 0 Å². The standard InChI is InChI=1S/C53H37NO/c1-53(2)47-21-8-7-17-46(47)50-48(53)22-11-23-49(50)54(38-29-24-36(25-30-38)41-18-9-14-34-12-3-5-15-40(34)41)39-31-26-37(27-32-39)43-19-10-20-44-45-33-28-35-13-4-6-16-42(35)52(45)55-51(43)44/h3-33H,1-2H3. The third-order valence-electron chi connectivity index (χ3n) is 11.9. The quantitative estimate of drug-likeness (QED) is 0.177. The maximum atomic E-state index is 6.73. The van der Waals surface area contributed by atoms with E-state index in [-0.39, 0.29) is 5.41 Å². The van der Waals surface area contributed by atoms with Gasteiger partial charge in [-0.3, -0.25) is 0 Å². The smallest absolute Gasteiger partial charge is 0.143 e. The molecule has 0 spiro atoms. The van der Waals surface area contributed by atoms with Crippen LogP contribution in [0.15, 0.2) is 192 Å². The lowest BCUT2D eigenvalue weighted by atomic mass is 9.82. The number of rotatable bonds is 5. The van der Waals surface area contributed by atoms with Crippen molar-refractivity contribution >= 4 is 60.5 Å². The molecule has 0 saturated heterocycles. The van der Waals surface area contributed by atoms with Crippen molar-refractivity contribution in [1.82, 2.24) is 0 Å². The molecule has 1 aliphatic carbocycles. The third-order valence-corrected chi connectivity index (χ3v) is 11.9. The van der Waals surface area contributed by atoms with Gasteiger partial charge in [-0.15, -0.1) is 0 Å². The maximum absolute atomic E-state index is 6.73. The molecule has 0 N–H and O–H groups in total. The van der Waals surface area contributed by atoms with Crippen LogP contribution < -0.4 is 4.90 Å². The van der Waals surface area contributed by atoms with Crippen molar-refractivity contribution in [2.24, 2.45) is 0 Å². The van der Waals surface area contributed by atoms with Crippen LogP contribution in [0.1, 0.15) is 25.0 Å². The van der Waals surface area contributed by atoms with Crippen LogP contribution in [0.5, 0.6) is 0 Å². The van der Waals surface area contributed by atoms with Gasteiger partial charge in [0.25, 0.3) is 0 Å². The first kappa shape index (κ1) is 31.6. The number of benzene rings is 9. The summed E-state index contributed by atoms with van der Waals surface area (Å²) in [6.07, 6.45) is 0. The Bertz CT molecular complexity index is 3110. The fourth-order valence-corrected chi connectivity index (χ4v) is 9.16. The van der Waals surface area contributed by atoms with Gasteiger partial charge in [-0.05, 0) is 85.9 Å². The first-order valence-corrected chi connectivity index (χ1v) is 19.1. The van der Waals surface area contributed by atoms with Crippen LogP contribution in [0.2, 0.25) is 0 Å². The summed E-state index contributed by atoms with van der Waals surface area (Å²) in [5, 5.41) is 7.11.